The molecular weight excluding hydrogens is 703 g/mol. The molecule has 3 aliphatic rings. The molecule has 2 unspecified atom stereocenters. The van der Waals surface area contributed by atoms with Gasteiger partial charge in [0.25, 0.3) is 5.91 Å². The van der Waals surface area contributed by atoms with E-state index in [-0.39, 0.29) is 29.8 Å². The van der Waals surface area contributed by atoms with Crippen LogP contribution < -0.4 is 15.5 Å². The van der Waals surface area contributed by atoms with Crippen molar-refractivity contribution in [2.75, 3.05) is 50.0 Å². The monoisotopic (exact) mass is 754 g/mol. The lowest BCUT2D eigenvalue weighted by molar-refractivity contribution is -0.133. The number of hydrogen-bond acceptors (Lipinski definition) is 8. The third-order valence-corrected chi connectivity index (χ3v) is 11.6. The zero-order chi connectivity index (χ0) is 38.3. The van der Waals surface area contributed by atoms with E-state index in [2.05, 4.69) is 32.8 Å². The van der Waals surface area contributed by atoms with Crippen molar-refractivity contribution >= 4 is 34.9 Å². The molecule has 0 aliphatic carbocycles. The summed E-state index contributed by atoms with van der Waals surface area (Å²) >= 11 is 0. The number of nitrogens with one attached hydrogen (secondary N) is 2. The molecule has 2 aromatic carbocycles. The fraction of sp³-hybridized carbons (Fsp3) is 0.500. The number of aromatic nitrogens is 3. The fourth-order valence-electron chi connectivity index (χ4n) is 8.38. The number of likely N-dealkylation sites (tertiary alicyclic amines) is 1. The third kappa shape index (κ3) is 9.32. The van der Waals surface area contributed by atoms with Gasteiger partial charge in [0.1, 0.15) is 29.1 Å². The van der Waals surface area contributed by atoms with Crippen LogP contribution in [0.1, 0.15) is 110 Å². The smallest absolute Gasteiger partial charge is 0.259 e. The van der Waals surface area contributed by atoms with Gasteiger partial charge in [0, 0.05) is 44.0 Å². The molecule has 0 saturated carbocycles. The molecule has 55 heavy (non-hydrogen) atoms. The predicted octanol–water partition coefficient (Wildman–Crippen LogP) is 6.86. The molecule has 4 aromatic rings. The van der Waals surface area contributed by atoms with E-state index in [9.17, 15) is 23.2 Å². The van der Waals surface area contributed by atoms with Crippen molar-refractivity contribution in [3.05, 3.63) is 89.2 Å². The maximum absolute atomic E-state index is 14.7. The lowest BCUT2D eigenvalue weighted by atomic mass is 9.89. The van der Waals surface area contributed by atoms with Crippen molar-refractivity contribution in [2.45, 2.75) is 95.1 Å². The van der Waals surface area contributed by atoms with Gasteiger partial charge in [-0.25, -0.2) is 18.3 Å². The Labute approximate surface area is 321 Å². The highest BCUT2D eigenvalue weighted by atomic mass is 19.1. The Balaban J connectivity index is 0.785. The van der Waals surface area contributed by atoms with E-state index < -0.39 is 11.6 Å². The van der Waals surface area contributed by atoms with Crippen molar-refractivity contribution in [1.82, 2.24) is 29.7 Å². The van der Waals surface area contributed by atoms with Crippen LogP contribution in [0.2, 0.25) is 0 Å². The summed E-state index contributed by atoms with van der Waals surface area (Å²) in [4.78, 5) is 48.1. The van der Waals surface area contributed by atoms with Gasteiger partial charge in [0.05, 0.1) is 12.2 Å². The Morgan fingerprint density at radius 3 is 2.47 bits per heavy atom. The van der Waals surface area contributed by atoms with Crippen LogP contribution in [0.15, 0.2) is 60.9 Å². The van der Waals surface area contributed by atoms with Gasteiger partial charge < -0.3 is 20.0 Å². The Morgan fingerprint density at radius 2 is 1.69 bits per heavy atom. The number of rotatable bonds is 15. The standard InChI is InChI=1S/C42H52F2N8O3/c1-49(42(55)34-28-45-52-26-20-38(47-40(34)52)51-23-8-9-37(51)33-27-31(43)12-15-35(33)44)21-6-4-2-3-5-7-22-50-24-18-30(19-25-50)29-10-13-32(14-11-29)46-36-16-17-39(53)48-41(36)54/h10-15,20,26-28,30,36-37,46H,2-9,16-19,21-25H2,1H3,(H,48,53,54). The number of carbonyl (C=O) groups is 3. The van der Waals surface area contributed by atoms with Gasteiger partial charge in [-0.2, -0.15) is 5.10 Å². The van der Waals surface area contributed by atoms with Crippen molar-refractivity contribution in [3.8, 4) is 0 Å². The molecule has 13 heteroatoms. The minimum atomic E-state index is -0.466. The number of halogens is 2. The lowest BCUT2D eigenvalue weighted by Crippen LogP contribution is -2.47. The van der Waals surface area contributed by atoms with Gasteiger partial charge in [-0.3, -0.25) is 19.7 Å². The molecule has 3 fully saturated rings. The van der Waals surface area contributed by atoms with E-state index in [1.165, 1.54) is 37.0 Å². The SMILES string of the molecule is CN(CCCCCCCCN1CCC(c2ccc(NC3CCC(=O)NC3=O)cc2)CC1)C(=O)c1cnn2ccc(N3CCCC3c3cc(F)ccc3F)nc12. The first-order chi connectivity index (χ1) is 26.7. The molecule has 3 amide bonds. The van der Waals surface area contributed by atoms with Crippen LogP contribution in [0, 0.1) is 11.6 Å². The number of unbranched alkanes of at least 4 members (excludes halogenated alkanes) is 5. The summed E-state index contributed by atoms with van der Waals surface area (Å²) in [5.74, 6) is -0.313. The Bertz CT molecular complexity index is 1960. The summed E-state index contributed by atoms with van der Waals surface area (Å²) in [7, 11) is 1.82. The van der Waals surface area contributed by atoms with E-state index in [4.69, 9.17) is 4.98 Å². The van der Waals surface area contributed by atoms with E-state index >= 15 is 0 Å². The van der Waals surface area contributed by atoms with E-state index in [0.717, 1.165) is 69.9 Å². The van der Waals surface area contributed by atoms with Crippen LogP contribution in [0.25, 0.3) is 5.65 Å². The molecule has 5 heterocycles. The van der Waals surface area contributed by atoms with Gasteiger partial charge in [0.15, 0.2) is 5.65 Å². The number of benzene rings is 2. The van der Waals surface area contributed by atoms with Crippen LogP contribution in [0.4, 0.5) is 20.3 Å². The molecule has 7 rings (SSSR count). The first-order valence-corrected chi connectivity index (χ1v) is 20.0. The average molecular weight is 755 g/mol. The second kappa shape index (κ2) is 17.7. The zero-order valence-electron chi connectivity index (χ0n) is 31.7. The normalized spacial score (nSPS) is 19.6. The molecule has 2 aromatic heterocycles. The highest BCUT2D eigenvalue weighted by molar-refractivity contribution is 6.01. The first kappa shape index (κ1) is 38.4. The largest absolute Gasteiger partial charge is 0.374 e. The lowest BCUT2D eigenvalue weighted by Gasteiger charge is -2.32. The van der Waals surface area contributed by atoms with Crippen LogP contribution in [0.3, 0.4) is 0 Å². The molecule has 0 spiro atoms. The number of imide groups is 1. The van der Waals surface area contributed by atoms with Gasteiger partial charge in [0.2, 0.25) is 11.8 Å². The second-order valence-corrected chi connectivity index (χ2v) is 15.4. The van der Waals surface area contributed by atoms with E-state index in [0.29, 0.717) is 60.9 Å². The summed E-state index contributed by atoms with van der Waals surface area (Å²) in [6.45, 7) is 4.66. The number of anilines is 2. The fourth-order valence-corrected chi connectivity index (χ4v) is 8.38. The summed E-state index contributed by atoms with van der Waals surface area (Å²) in [6.07, 6.45) is 14.7. The van der Waals surface area contributed by atoms with Crippen molar-refractivity contribution in [3.63, 3.8) is 0 Å². The molecule has 2 atom stereocenters. The molecule has 3 aliphatic heterocycles. The molecule has 0 bridgehead atoms. The Hall–Kier alpha value is -4.91. The zero-order valence-corrected chi connectivity index (χ0v) is 31.7. The van der Waals surface area contributed by atoms with Gasteiger partial charge >= 0.3 is 0 Å². The highest BCUT2D eigenvalue weighted by Crippen LogP contribution is 2.37. The molecule has 3 saturated heterocycles. The van der Waals surface area contributed by atoms with Gasteiger partial charge in [-0.15, -0.1) is 0 Å². The third-order valence-electron chi connectivity index (χ3n) is 11.6. The van der Waals surface area contributed by atoms with Crippen LogP contribution in [0.5, 0.6) is 0 Å². The van der Waals surface area contributed by atoms with Crippen LogP contribution >= 0.6 is 0 Å². The quantitative estimate of drug-likeness (QED) is 0.100. The van der Waals surface area contributed by atoms with Gasteiger partial charge in [-0.1, -0.05) is 37.8 Å². The average Bonchev–Trinajstić information content (AvgIpc) is 3.86. The molecular formula is C42H52F2N8O3. The summed E-state index contributed by atoms with van der Waals surface area (Å²) in [5, 5.41) is 10.0. The van der Waals surface area contributed by atoms with E-state index in [1.54, 1.807) is 21.8 Å². The van der Waals surface area contributed by atoms with Gasteiger partial charge in [-0.05, 0) is 112 Å². The van der Waals surface area contributed by atoms with Crippen molar-refractivity contribution in [2.24, 2.45) is 0 Å². The predicted molar refractivity (Wildman–Crippen MR) is 208 cm³/mol. The summed E-state index contributed by atoms with van der Waals surface area (Å²) < 4.78 is 30.3. The number of amides is 3. The number of hydrogen-bond donors (Lipinski definition) is 2. The maximum Gasteiger partial charge on any atom is 0.259 e. The number of nitrogens with zero attached hydrogens (tertiary/aromatic N) is 6. The second-order valence-electron chi connectivity index (χ2n) is 15.4. The highest BCUT2D eigenvalue weighted by Gasteiger charge is 2.31. The molecule has 2 N–H and O–H groups in total. The maximum atomic E-state index is 14.7. The Kier molecular flexibility index (Phi) is 12.3. The molecule has 292 valence electrons. The number of fused-ring (bicyclic) bond motifs is 1. The van der Waals surface area contributed by atoms with Crippen molar-refractivity contribution in [1.29, 1.82) is 0 Å². The van der Waals surface area contributed by atoms with Crippen LogP contribution in [-0.4, -0.2) is 87.9 Å². The minimum absolute atomic E-state index is 0.128. The van der Waals surface area contributed by atoms with E-state index in [1.807, 2.05) is 30.1 Å². The van der Waals surface area contributed by atoms with Crippen LogP contribution in [-0.2, 0) is 9.59 Å². The number of piperidine rings is 2. The first-order valence-electron chi connectivity index (χ1n) is 20.0. The van der Waals surface area contributed by atoms with Crippen molar-refractivity contribution < 1.29 is 23.2 Å². The minimum Gasteiger partial charge on any atom is -0.374 e. The molecule has 11 nitrogen and oxygen atoms in total. The topological polar surface area (TPSA) is 115 Å². The Morgan fingerprint density at radius 1 is 0.927 bits per heavy atom. The molecule has 0 radical (unpaired) electrons. The number of carbonyl (C=O) groups excluding carboxylic acids is 3. The summed E-state index contributed by atoms with van der Waals surface area (Å²) in [6, 6.07) is 13.1. The summed E-state index contributed by atoms with van der Waals surface area (Å²) in [5.41, 5.74) is 3.46.